The minimum atomic E-state index is -6.87. The largest absolute Gasteiger partial charge is 0.435 e. The summed E-state index contributed by atoms with van der Waals surface area (Å²) in [6.07, 6.45) is -40.1. The SMILES string of the molecule is CCC(C)[N]=[Nb].OC(C(F)(F)F)(C(F)(F)F)C(F)(F)F.OC(C(F)(F)F)(C(F)(F)F)C(F)(F)F.[CH3-]. The Hall–Kier alpha value is -0.800. The van der Waals surface area contributed by atoms with Crippen molar-refractivity contribution >= 4 is 0 Å². The molecule has 0 saturated carbocycles. The molecule has 0 radical (unpaired) electrons. The number of nitrogens with zero attached hydrogens (tertiary/aromatic N) is 1. The van der Waals surface area contributed by atoms with Crippen molar-refractivity contribution in [1.29, 1.82) is 0 Å². The Balaban J connectivity index is -0.000000219. The summed E-state index contributed by atoms with van der Waals surface area (Å²) in [4.78, 5) is 0. The van der Waals surface area contributed by atoms with Crippen LogP contribution >= 0.6 is 0 Å². The summed E-state index contributed by atoms with van der Waals surface area (Å²) in [6, 6.07) is 0.582. The molecule has 1 unspecified atom stereocenters. The Kier molecular flexibility index (Phi) is 14.9. The first-order valence-electron chi connectivity index (χ1n) is 7.50. The first-order chi connectivity index (χ1) is 14.3. The van der Waals surface area contributed by atoms with Gasteiger partial charge < -0.3 is 17.6 Å². The third-order valence-corrected chi connectivity index (χ3v) is 4.22. The molecule has 35 heavy (non-hydrogen) atoms. The van der Waals surface area contributed by atoms with Gasteiger partial charge in [-0.05, 0) is 0 Å². The predicted molar refractivity (Wildman–Crippen MR) is 74.8 cm³/mol. The molecule has 0 aromatic carbocycles. The quantitative estimate of drug-likeness (QED) is 0.197. The van der Waals surface area contributed by atoms with E-state index in [2.05, 4.69) is 17.2 Å². The molecule has 0 spiro atoms. The van der Waals surface area contributed by atoms with E-state index in [4.69, 9.17) is 10.2 Å². The van der Waals surface area contributed by atoms with Crippen LogP contribution in [0.25, 0.3) is 0 Å². The van der Waals surface area contributed by atoms with Gasteiger partial charge >= 0.3 is 98.8 Å². The standard InChI is InChI=1S/2C4HF9O.C4H9N.CH3.Nb/c2*5-2(6,7)1(14,3(8,9)10)4(11,12)13;1-3-4(2)5;;/h2*14H;4H,3H2,1-2H3;1H3;/q;;;-1;. The molecule has 0 aromatic heterocycles. The minimum Gasteiger partial charge on any atom is -0.367 e. The van der Waals surface area contributed by atoms with Crippen LogP contribution in [-0.4, -0.2) is 64.5 Å². The molecule has 215 valence electrons. The van der Waals surface area contributed by atoms with Crippen LogP contribution in [0.1, 0.15) is 20.3 Å². The van der Waals surface area contributed by atoms with E-state index in [1.807, 2.05) is 0 Å². The van der Waals surface area contributed by atoms with Crippen molar-refractivity contribution < 1.29 is 110 Å². The fourth-order valence-electron chi connectivity index (χ4n) is 1.05. The van der Waals surface area contributed by atoms with Gasteiger partial charge in [-0.1, -0.05) is 0 Å². The number of hydrogen-bond donors (Lipinski definition) is 2. The summed E-state index contributed by atoms with van der Waals surface area (Å²) in [5.74, 6) is 0. The predicted octanol–water partition coefficient (Wildman–Crippen LogP) is 6.77. The first-order valence-corrected chi connectivity index (χ1v) is 8.48. The maximum Gasteiger partial charge on any atom is 0.435 e. The average Bonchev–Trinajstić information content (AvgIpc) is 2.54. The summed E-state index contributed by atoms with van der Waals surface area (Å²) >= 11 is 1.55. The van der Waals surface area contributed by atoms with Crippen LogP contribution in [0.2, 0.25) is 0 Å². The van der Waals surface area contributed by atoms with Gasteiger partial charge in [0.25, 0.3) is 0 Å². The van der Waals surface area contributed by atoms with E-state index in [-0.39, 0.29) is 7.43 Å². The van der Waals surface area contributed by atoms with E-state index < -0.39 is 48.3 Å². The molecule has 22 heteroatoms. The van der Waals surface area contributed by atoms with E-state index >= 15 is 0 Å². The number of aliphatic hydroxyl groups is 2. The molecule has 0 saturated heterocycles. The van der Waals surface area contributed by atoms with Gasteiger partial charge in [0.1, 0.15) is 0 Å². The maximum atomic E-state index is 11.4. The van der Waals surface area contributed by atoms with E-state index in [0.717, 1.165) is 0 Å². The number of rotatable bonds is 2. The topological polar surface area (TPSA) is 52.8 Å². The fraction of sp³-hybridized carbons (Fsp3) is 0.923. The summed E-state index contributed by atoms with van der Waals surface area (Å²) in [7, 11) is 0. The van der Waals surface area contributed by atoms with Crippen LogP contribution in [0.4, 0.5) is 79.0 Å². The van der Waals surface area contributed by atoms with Crippen molar-refractivity contribution in [3.05, 3.63) is 7.43 Å². The van der Waals surface area contributed by atoms with Gasteiger partial charge in [-0.3, -0.25) is 0 Å². The van der Waals surface area contributed by atoms with Crippen LogP contribution in [0.5, 0.6) is 0 Å². The third-order valence-electron chi connectivity index (χ3n) is 3.25. The smallest absolute Gasteiger partial charge is 0.367 e. The molecule has 0 amide bonds. The molecule has 0 heterocycles. The van der Waals surface area contributed by atoms with Crippen molar-refractivity contribution in [3.63, 3.8) is 0 Å². The molecule has 1 atom stereocenters. The van der Waals surface area contributed by atoms with Gasteiger partial charge in [0.2, 0.25) is 0 Å². The van der Waals surface area contributed by atoms with Crippen molar-refractivity contribution in [3.8, 4) is 0 Å². The third kappa shape index (κ3) is 9.88. The summed E-state index contributed by atoms with van der Waals surface area (Å²) in [6.45, 7) is 4.27. The van der Waals surface area contributed by atoms with Crippen LogP contribution < -0.4 is 0 Å². The molecule has 0 aliphatic rings. The van der Waals surface area contributed by atoms with E-state index in [1.165, 1.54) is 6.42 Å². The molecule has 0 bridgehead atoms. The van der Waals surface area contributed by atoms with E-state index in [1.54, 1.807) is 20.9 Å². The number of alkyl halides is 18. The molecule has 0 rings (SSSR count). The van der Waals surface area contributed by atoms with Gasteiger partial charge in [-0.25, -0.2) is 0 Å². The number of halogens is 18. The van der Waals surface area contributed by atoms with Gasteiger partial charge in [0.15, 0.2) is 0 Å². The molecule has 0 aliphatic carbocycles. The van der Waals surface area contributed by atoms with Crippen molar-refractivity contribution in [2.45, 2.75) is 74.6 Å². The van der Waals surface area contributed by atoms with Gasteiger partial charge in [0.05, 0.1) is 0 Å². The zero-order chi connectivity index (χ0) is 29.0. The zero-order valence-corrected chi connectivity index (χ0v) is 19.1. The second kappa shape index (κ2) is 12.6. The van der Waals surface area contributed by atoms with E-state index in [9.17, 15) is 79.0 Å². The number of hydrogen-bond acceptors (Lipinski definition) is 3. The Bertz CT molecular complexity index is 507. The molecule has 0 aromatic rings. The summed E-state index contributed by atoms with van der Waals surface area (Å²) < 4.78 is 209. The van der Waals surface area contributed by atoms with Gasteiger partial charge in [-0.15, -0.1) is 0 Å². The summed E-state index contributed by atoms with van der Waals surface area (Å²) in [5.41, 5.74) is -13.4. The van der Waals surface area contributed by atoms with Crippen LogP contribution in [0, 0.1) is 7.43 Å². The molecule has 0 aliphatic heterocycles. The fourth-order valence-corrected chi connectivity index (χ4v) is 1.45. The maximum absolute atomic E-state index is 11.4. The Labute approximate surface area is 196 Å². The molecule has 2 N–H and O–H groups in total. The minimum absolute atomic E-state index is 0. The zero-order valence-electron chi connectivity index (χ0n) is 16.9. The normalized spacial score (nSPS) is 15.0. The van der Waals surface area contributed by atoms with Crippen molar-refractivity contribution in [2.75, 3.05) is 0 Å². The van der Waals surface area contributed by atoms with Gasteiger partial charge in [-0.2, -0.15) is 79.0 Å². The molecule has 3 nitrogen and oxygen atoms in total. The van der Waals surface area contributed by atoms with Crippen molar-refractivity contribution in [1.82, 2.24) is 0 Å². The van der Waals surface area contributed by atoms with Crippen LogP contribution in [-0.2, 0) is 20.9 Å². The Morgan fingerprint density at radius 2 is 0.686 bits per heavy atom. The molecule has 0 fully saturated rings. The van der Waals surface area contributed by atoms with Crippen molar-refractivity contribution in [2.24, 2.45) is 3.34 Å². The first kappa shape index (κ1) is 41.3. The Morgan fingerprint density at radius 3 is 0.686 bits per heavy atom. The second-order valence-electron chi connectivity index (χ2n) is 5.78. The average molecular weight is 651 g/mol. The monoisotopic (exact) mass is 651 g/mol. The van der Waals surface area contributed by atoms with Crippen LogP contribution in [0.15, 0.2) is 3.34 Å². The summed E-state index contributed by atoms with van der Waals surface area (Å²) in [5, 5.41) is 15.3. The molecular formula is C13H14F18NNbO2-. The second-order valence-corrected chi connectivity index (χ2v) is 6.35. The van der Waals surface area contributed by atoms with Gasteiger partial charge in [0, 0.05) is 0 Å². The Morgan fingerprint density at radius 1 is 0.543 bits per heavy atom. The van der Waals surface area contributed by atoms with Crippen LogP contribution in [0.3, 0.4) is 0 Å². The van der Waals surface area contributed by atoms with E-state index in [0.29, 0.717) is 6.04 Å². The molecular weight excluding hydrogens is 637 g/mol.